The molecule has 0 atom stereocenters. The first kappa shape index (κ1) is 12.7. The molecule has 0 unspecified atom stereocenters. The average molecular weight is 225 g/mol. The minimum absolute atomic E-state index is 0.0107. The molecule has 0 aliphatic carbocycles. The number of aliphatic hydroxyl groups excluding tert-OH is 1. The molecule has 1 rings (SSSR count). The quantitative estimate of drug-likeness (QED) is 0.730. The zero-order valence-corrected chi connectivity index (χ0v) is 9.86. The first-order chi connectivity index (χ1) is 7.80. The Morgan fingerprint density at radius 1 is 1.38 bits per heavy atom. The summed E-state index contributed by atoms with van der Waals surface area (Å²) in [5.74, 6) is 2.04. The van der Waals surface area contributed by atoms with Gasteiger partial charge in [0, 0.05) is 19.0 Å². The Balaban J connectivity index is 2.74. The van der Waals surface area contributed by atoms with E-state index in [1.807, 2.05) is 6.92 Å². The third-order valence-electron chi connectivity index (χ3n) is 1.96. The molecule has 0 fully saturated rings. The topological polar surface area (TPSA) is 67.3 Å². The molecule has 0 saturated carbocycles. The van der Waals surface area contributed by atoms with E-state index in [0.717, 1.165) is 31.0 Å². The van der Waals surface area contributed by atoms with Crippen LogP contribution in [-0.2, 0) is 6.42 Å². The number of rotatable bonds is 7. The van der Waals surface area contributed by atoms with E-state index in [1.165, 1.54) is 0 Å². The molecule has 2 N–H and O–H groups in total. The number of nitrogens with zero attached hydrogens (tertiary/aromatic N) is 2. The smallest absolute Gasteiger partial charge is 0.218 e. The predicted octanol–water partition coefficient (Wildman–Crippen LogP) is 1.23. The minimum Gasteiger partial charge on any atom is -0.475 e. The molecule has 90 valence electrons. The van der Waals surface area contributed by atoms with E-state index in [2.05, 4.69) is 22.2 Å². The van der Waals surface area contributed by atoms with Crippen molar-refractivity contribution in [2.24, 2.45) is 0 Å². The van der Waals surface area contributed by atoms with Crippen LogP contribution >= 0.6 is 0 Å². The molecule has 0 spiro atoms. The maximum Gasteiger partial charge on any atom is 0.218 e. The summed E-state index contributed by atoms with van der Waals surface area (Å²) in [6.07, 6.45) is 1.80. The Bertz CT molecular complexity index is 292. The van der Waals surface area contributed by atoms with Gasteiger partial charge in [0.1, 0.15) is 18.2 Å². The standard InChI is InChI=1S/C11H19N3O2/c1-3-5-12-10-8-11(16-7-6-15)14-9(4-2)13-10/h8,15H,3-7H2,1-2H3,(H,12,13,14). The van der Waals surface area contributed by atoms with Gasteiger partial charge in [-0.1, -0.05) is 13.8 Å². The van der Waals surface area contributed by atoms with Gasteiger partial charge >= 0.3 is 0 Å². The lowest BCUT2D eigenvalue weighted by Crippen LogP contribution is -2.08. The number of aromatic nitrogens is 2. The van der Waals surface area contributed by atoms with Gasteiger partial charge in [0.15, 0.2) is 0 Å². The van der Waals surface area contributed by atoms with E-state index >= 15 is 0 Å². The molecule has 0 aromatic carbocycles. The fourth-order valence-corrected chi connectivity index (χ4v) is 1.20. The second-order valence-electron chi connectivity index (χ2n) is 3.36. The van der Waals surface area contributed by atoms with Crippen LogP contribution in [0.2, 0.25) is 0 Å². The summed E-state index contributed by atoms with van der Waals surface area (Å²) in [6, 6.07) is 1.75. The molecule has 0 amide bonds. The fourth-order valence-electron chi connectivity index (χ4n) is 1.20. The third kappa shape index (κ3) is 4.02. The Kier molecular flexibility index (Phi) is 5.56. The van der Waals surface area contributed by atoms with Crippen molar-refractivity contribution >= 4 is 5.82 Å². The van der Waals surface area contributed by atoms with Crippen molar-refractivity contribution in [3.63, 3.8) is 0 Å². The summed E-state index contributed by atoms with van der Waals surface area (Å²) >= 11 is 0. The molecule has 5 heteroatoms. The Hall–Kier alpha value is -1.36. The minimum atomic E-state index is -0.0107. The zero-order chi connectivity index (χ0) is 11.8. The number of ether oxygens (including phenoxy) is 1. The molecule has 16 heavy (non-hydrogen) atoms. The number of anilines is 1. The van der Waals surface area contributed by atoms with Gasteiger partial charge in [-0.05, 0) is 6.42 Å². The molecular weight excluding hydrogens is 206 g/mol. The van der Waals surface area contributed by atoms with E-state index in [-0.39, 0.29) is 13.2 Å². The number of aliphatic hydroxyl groups is 1. The van der Waals surface area contributed by atoms with Crippen molar-refractivity contribution < 1.29 is 9.84 Å². The fraction of sp³-hybridized carbons (Fsp3) is 0.636. The van der Waals surface area contributed by atoms with Crippen molar-refractivity contribution in [2.75, 3.05) is 25.1 Å². The van der Waals surface area contributed by atoms with Gasteiger partial charge in [0.25, 0.3) is 0 Å². The number of nitrogens with one attached hydrogen (secondary N) is 1. The molecule has 0 radical (unpaired) electrons. The van der Waals surface area contributed by atoms with E-state index in [9.17, 15) is 0 Å². The molecule has 1 heterocycles. The molecule has 1 aromatic heterocycles. The van der Waals surface area contributed by atoms with Gasteiger partial charge in [-0.25, -0.2) is 4.98 Å². The van der Waals surface area contributed by atoms with E-state index in [1.54, 1.807) is 6.07 Å². The first-order valence-electron chi connectivity index (χ1n) is 5.65. The van der Waals surface area contributed by atoms with Gasteiger partial charge in [-0.3, -0.25) is 0 Å². The highest BCUT2D eigenvalue weighted by Crippen LogP contribution is 2.13. The highest BCUT2D eigenvalue weighted by atomic mass is 16.5. The normalized spacial score (nSPS) is 10.2. The summed E-state index contributed by atoms with van der Waals surface area (Å²) in [5, 5.41) is 11.9. The summed E-state index contributed by atoms with van der Waals surface area (Å²) in [4.78, 5) is 8.55. The molecule has 0 aliphatic rings. The highest BCUT2D eigenvalue weighted by molar-refractivity contribution is 5.38. The van der Waals surface area contributed by atoms with Crippen molar-refractivity contribution in [1.29, 1.82) is 0 Å². The Morgan fingerprint density at radius 3 is 2.81 bits per heavy atom. The van der Waals surface area contributed by atoms with Gasteiger partial charge < -0.3 is 15.2 Å². The van der Waals surface area contributed by atoms with Crippen LogP contribution in [0.1, 0.15) is 26.1 Å². The van der Waals surface area contributed by atoms with Crippen LogP contribution in [0.5, 0.6) is 5.88 Å². The summed E-state index contributed by atoms with van der Waals surface area (Å²) in [6.45, 7) is 5.21. The van der Waals surface area contributed by atoms with Crippen LogP contribution in [0, 0.1) is 0 Å². The number of aryl methyl sites for hydroxylation is 1. The van der Waals surface area contributed by atoms with Crippen molar-refractivity contribution in [2.45, 2.75) is 26.7 Å². The monoisotopic (exact) mass is 225 g/mol. The van der Waals surface area contributed by atoms with E-state index < -0.39 is 0 Å². The summed E-state index contributed by atoms with van der Waals surface area (Å²) in [7, 11) is 0. The second-order valence-corrected chi connectivity index (χ2v) is 3.36. The Labute approximate surface area is 95.9 Å². The molecular formula is C11H19N3O2. The average Bonchev–Trinajstić information content (AvgIpc) is 2.33. The van der Waals surface area contributed by atoms with Gasteiger partial charge in [0.05, 0.1) is 6.61 Å². The first-order valence-corrected chi connectivity index (χ1v) is 5.65. The van der Waals surface area contributed by atoms with Gasteiger partial charge in [-0.2, -0.15) is 4.98 Å². The number of hydrogen-bond acceptors (Lipinski definition) is 5. The predicted molar refractivity (Wildman–Crippen MR) is 62.8 cm³/mol. The third-order valence-corrected chi connectivity index (χ3v) is 1.96. The van der Waals surface area contributed by atoms with Crippen LogP contribution in [0.3, 0.4) is 0 Å². The highest BCUT2D eigenvalue weighted by Gasteiger charge is 2.03. The molecule has 1 aromatic rings. The van der Waals surface area contributed by atoms with Crippen LogP contribution in [-0.4, -0.2) is 34.8 Å². The SMILES string of the molecule is CCCNc1cc(OCCO)nc(CC)n1. The molecule has 0 aliphatic heterocycles. The van der Waals surface area contributed by atoms with Crippen molar-refractivity contribution in [1.82, 2.24) is 9.97 Å². The van der Waals surface area contributed by atoms with Crippen LogP contribution < -0.4 is 10.1 Å². The summed E-state index contributed by atoms with van der Waals surface area (Å²) < 4.78 is 5.28. The second kappa shape index (κ2) is 7.00. The lowest BCUT2D eigenvalue weighted by atomic mass is 10.4. The van der Waals surface area contributed by atoms with Crippen LogP contribution in [0.4, 0.5) is 5.82 Å². The maximum atomic E-state index is 8.68. The maximum absolute atomic E-state index is 8.68. The van der Waals surface area contributed by atoms with Crippen LogP contribution in [0.25, 0.3) is 0 Å². The summed E-state index contributed by atoms with van der Waals surface area (Å²) in [5.41, 5.74) is 0. The van der Waals surface area contributed by atoms with Crippen molar-refractivity contribution in [3.8, 4) is 5.88 Å². The zero-order valence-electron chi connectivity index (χ0n) is 9.86. The number of hydrogen-bond donors (Lipinski definition) is 2. The van der Waals surface area contributed by atoms with Crippen molar-refractivity contribution in [3.05, 3.63) is 11.9 Å². The molecule has 5 nitrogen and oxygen atoms in total. The molecule has 0 bridgehead atoms. The lowest BCUT2D eigenvalue weighted by Gasteiger charge is -2.09. The lowest BCUT2D eigenvalue weighted by molar-refractivity contribution is 0.196. The molecule has 0 saturated heterocycles. The van der Waals surface area contributed by atoms with E-state index in [4.69, 9.17) is 9.84 Å². The van der Waals surface area contributed by atoms with Gasteiger partial charge in [-0.15, -0.1) is 0 Å². The van der Waals surface area contributed by atoms with Crippen LogP contribution in [0.15, 0.2) is 6.07 Å². The van der Waals surface area contributed by atoms with E-state index in [0.29, 0.717) is 5.88 Å². The Morgan fingerprint density at radius 2 is 2.19 bits per heavy atom. The largest absolute Gasteiger partial charge is 0.475 e. The van der Waals surface area contributed by atoms with Gasteiger partial charge in [0.2, 0.25) is 5.88 Å².